The fourth-order valence-corrected chi connectivity index (χ4v) is 2.37. The predicted octanol–water partition coefficient (Wildman–Crippen LogP) is 3.75. The van der Waals surface area contributed by atoms with Gasteiger partial charge >= 0.3 is 0 Å². The van der Waals surface area contributed by atoms with Gasteiger partial charge in [0.05, 0.1) is 19.8 Å². The van der Waals surface area contributed by atoms with Gasteiger partial charge in [-0.2, -0.15) is 0 Å². The molecule has 0 aliphatic carbocycles. The summed E-state index contributed by atoms with van der Waals surface area (Å²) in [4.78, 5) is 12.6. The highest BCUT2D eigenvalue weighted by molar-refractivity contribution is 6.00. The highest BCUT2D eigenvalue weighted by Crippen LogP contribution is 2.31. The van der Waals surface area contributed by atoms with E-state index in [0.717, 1.165) is 16.7 Å². The Bertz CT molecular complexity index is 660. The van der Waals surface area contributed by atoms with Gasteiger partial charge in [0.25, 0.3) is 0 Å². The van der Waals surface area contributed by atoms with Crippen LogP contribution in [0.4, 0.5) is 0 Å². The van der Waals surface area contributed by atoms with Gasteiger partial charge in [0.2, 0.25) is 0 Å². The van der Waals surface area contributed by atoms with E-state index < -0.39 is 0 Å². The molecule has 0 heterocycles. The fraction of sp³-hybridized carbons (Fsp3) is 0.278. The third-order valence-corrected chi connectivity index (χ3v) is 3.56. The van der Waals surface area contributed by atoms with Gasteiger partial charge in [0.15, 0.2) is 17.3 Å². The SMILES string of the molecule is COc1cccc(C(=O)Cc2cc(C)ccc2C)c1OC. The summed E-state index contributed by atoms with van der Waals surface area (Å²) in [5, 5.41) is 0. The van der Waals surface area contributed by atoms with Crippen LogP contribution in [-0.2, 0) is 6.42 Å². The zero-order valence-electron chi connectivity index (χ0n) is 12.9. The minimum absolute atomic E-state index is 0.0273. The lowest BCUT2D eigenvalue weighted by Crippen LogP contribution is -2.08. The molecule has 0 aromatic heterocycles. The van der Waals surface area contributed by atoms with Crippen LogP contribution in [0.15, 0.2) is 36.4 Å². The van der Waals surface area contributed by atoms with Crippen molar-refractivity contribution in [3.05, 3.63) is 58.7 Å². The van der Waals surface area contributed by atoms with E-state index in [-0.39, 0.29) is 5.78 Å². The van der Waals surface area contributed by atoms with Gasteiger partial charge in [-0.3, -0.25) is 4.79 Å². The topological polar surface area (TPSA) is 35.5 Å². The van der Waals surface area contributed by atoms with Gasteiger partial charge in [-0.05, 0) is 37.1 Å². The largest absolute Gasteiger partial charge is 0.493 e. The van der Waals surface area contributed by atoms with Crippen molar-refractivity contribution < 1.29 is 14.3 Å². The van der Waals surface area contributed by atoms with Crippen LogP contribution in [0.3, 0.4) is 0 Å². The number of aryl methyl sites for hydroxylation is 2. The molecule has 0 aliphatic rings. The highest BCUT2D eigenvalue weighted by Gasteiger charge is 2.17. The summed E-state index contributed by atoms with van der Waals surface area (Å²) in [6.07, 6.45) is 0.358. The molecule has 0 fully saturated rings. The van der Waals surface area contributed by atoms with Crippen molar-refractivity contribution in [3.63, 3.8) is 0 Å². The number of Topliss-reactive ketones (excluding diaryl/α,β-unsaturated/α-hetero) is 1. The van der Waals surface area contributed by atoms with Crippen LogP contribution in [0.5, 0.6) is 11.5 Å². The first-order valence-electron chi connectivity index (χ1n) is 6.87. The summed E-state index contributed by atoms with van der Waals surface area (Å²) < 4.78 is 10.6. The van der Waals surface area contributed by atoms with E-state index in [1.165, 1.54) is 0 Å². The first-order valence-corrected chi connectivity index (χ1v) is 6.87. The van der Waals surface area contributed by atoms with E-state index in [2.05, 4.69) is 12.1 Å². The van der Waals surface area contributed by atoms with Crippen LogP contribution in [0.25, 0.3) is 0 Å². The highest BCUT2D eigenvalue weighted by atomic mass is 16.5. The van der Waals surface area contributed by atoms with E-state index in [1.807, 2.05) is 19.9 Å². The number of para-hydroxylation sites is 1. The number of ether oxygens (including phenoxy) is 2. The third kappa shape index (κ3) is 3.24. The number of ketones is 1. The summed E-state index contributed by atoms with van der Waals surface area (Å²) >= 11 is 0. The molecule has 0 radical (unpaired) electrons. The van der Waals surface area contributed by atoms with Crippen molar-refractivity contribution in [1.29, 1.82) is 0 Å². The molecule has 0 saturated heterocycles. The second-order valence-electron chi connectivity index (χ2n) is 5.07. The Morgan fingerprint density at radius 3 is 2.48 bits per heavy atom. The molecule has 0 N–H and O–H groups in total. The molecule has 0 spiro atoms. The number of carbonyl (C=O) groups is 1. The zero-order chi connectivity index (χ0) is 15.4. The number of methoxy groups -OCH3 is 2. The van der Waals surface area contributed by atoms with Gasteiger partial charge in [-0.25, -0.2) is 0 Å². The van der Waals surface area contributed by atoms with E-state index in [1.54, 1.807) is 32.4 Å². The van der Waals surface area contributed by atoms with E-state index in [9.17, 15) is 4.79 Å². The smallest absolute Gasteiger partial charge is 0.171 e. The predicted molar refractivity (Wildman–Crippen MR) is 83.5 cm³/mol. The van der Waals surface area contributed by atoms with Crippen LogP contribution in [-0.4, -0.2) is 20.0 Å². The maximum Gasteiger partial charge on any atom is 0.171 e. The molecular formula is C18H20O3. The van der Waals surface area contributed by atoms with E-state index in [4.69, 9.17) is 9.47 Å². The second kappa shape index (κ2) is 6.44. The van der Waals surface area contributed by atoms with Crippen LogP contribution in [0.2, 0.25) is 0 Å². The van der Waals surface area contributed by atoms with Crippen LogP contribution in [0, 0.1) is 13.8 Å². The van der Waals surface area contributed by atoms with Crippen molar-refractivity contribution in [3.8, 4) is 11.5 Å². The quantitative estimate of drug-likeness (QED) is 0.784. The summed E-state index contributed by atoms with van der Waals surface area (Å²) in [6, 6.07) is 11.5. The number of hydrogen-bond acceptors (Lipinski definition) is 3. The zero-order valence-corrected chi connectivity index (χ0v) is 12.9. The van der Waals surface area contributed by atoms with Gasteiger partial charge in [-0.1, -0.05) is 29.8 Å². The molecule has 2 aromatic carbocycles. The molecule has 3 heteroatoms. The van der Waals surface area contributed by atoms with E-state index in [0.29, 0.717) is 23.5 Å². The van der Waals surface area contributed by atoms with Crippen molar-refractivity contribution in [2.24, 2.45) is 0 Å². The van der Waals surface area contributed by atoms with Gasteiger partial charge in [0, 0.05) is 6.42 Å². The standard InChI is InChI=1S/C18H20O3/c1-12-8-9-13(2)14(10-12)11-16(19)15-6-5-7-17(20-3)18(15)21-4/h5-10H,11H2,1-4H3. The molecule has 0 aliphatic heterocycles. The minimum Gasteiger partial charge on any atom is -0.493 e. The Morgan fingerprint density at radius 2 is 1.81 bits per heavy atom. The molecule has 21 heavy (non-hydrogen) atoms. The monoisotopic (exact) mass is 284 g/mol. The average molecular weight is 284 g/mol. The molecule has 2 rings (SSSR count). The summed E-state index contributed by atoms with van der Waals surface area (Å²) in [5.41, 5.74) is 3.87. The first kappa shape index (κ1) is 15.1. The van der Waals surface area contributed by atoms with Gasteiger partial charge in [0.1, 0.15) is 0 Å². The lowest BCUT2D eigenvalue weighted by molar-refractivity contribution is 0.0989. The summed E-state index contributed by atoms with van der Waals surface area (Å²) in [5.74, 6) is 1.10. The molecule has 110 valence electrons. The van der Waals surface area contributed by atoms with Crippen molar-refractivity contribution in [2.75, 3.05) is 14.2 Å². The Kier molecular flexibility index (Phi) is 4.63. The van der Waals surface area contributed by atoms with Crippen molar-refractivity contribution in [2.45, 2.75) is 20.3 Å². The van der Waals surface area contributed by atoms with Gasteiger partial charge < -0.3 is 9.47 Å². The Balaban J connectivity index is 2.35. The lowest BCUT2D eigenvalue weighted by Gasteiger charge is -2.12. The number of hydrogen-bond donors (Lipinski definition) is 0. The molecular weight excluding hydrogens is 264 g/mol. The Hall–Kier alpha value is -2.29. The van der Waals surface area contributed by atoms with Crippen LogP contribution < -0.4 is 9.47 Å². The van der Waals surface area contributed by atoms with Gasteiger partial charge in [-0.15, -0.1) is 0 Å². The third-order valence-electron chi connectivity index (χ3n) is 3.56. The van der Waals surface area contributed by atoms with Crippen molar-refractivity contribution in [1.82, 2.24) is 0 Å². The minimum atomic E-state index is 0.0273. The van der Waals surface area contributed by atoms with Crippen molar-refractivity contribution >= 4 is 5.78 Å². The summed E-state index contributed by atoms with van der Waals surface area (Å²) in [7, 11) is 3.11. The average Bonchev–Trinajstić information content (AvgIpc) is 2.49. The molecule has 0 bridgehead atoms. The second-order valence-corrected chi connectivity index (χ2v) is 5.07. The first-order chi connectivity index (χ1) is 10.1. The Labute approximate surface area is 125 Å². The molecule has 3 nitrogen and oxygen atoms in total. The van der Waals surface area contributed by atoms with E-state index >= 15 is 0 Å². The normalized spacial score (nSPS) is 10.3. The fourth-order valence-electron chi connectivity index (χ4n) is 2.37. The molecule has 2 aromatic rings. The maximum atomic E-state index is 12.6. The molecule has 0 saturated carbocycles. The van der Waals surface area contributed by atoms with Crippen LogP contribution >= 0.6 is 0 Å². The number of carbonyl (C=O) groups excluding carboxylic acids is 1. The Morgan fingerprint density at radius 1 is 1.05 bits per heavy atom. The number of benzene rings is 2. The molecule has 0 atom stereocenters. The number of rotatable bonds is 5. The van der Waals surface area contributed by atoms with Crippen LogP contribution in [0.1, 0.15) is 27.0 Å². The summed E-state index contributed by atoms with van der Waals surface area (Å²) in [6.45, 7) is 4.05. The molecule has 0 amide bonds. The molecule has 0 unspecified atom stereocenters. The maximum absolute atomic E-state index is 12.6. The lowest BCUT2D eigenvalue weighted by atomic mass is 9.97.